The summed E-state index contributed by atoms with van der Waals surface area (Å²) in [6, 6.07) is 0.704. The third kappa shape index (κ3) is 1.03. The number of halogens is 1. The summed E-state index contributed by atoms with van der Waals surface area (Å²) in [6.45, 7) is 0. The topological polar surface area (TPSA) is 12.0 Å². The van der Waals surface area contributed by atoms with Crippen LogP contribution in [0, 0.1) is 5.92 Å². The van der Waals surface area contributed by atoms with Crippen molar-refractivity contribution in [2.75, 3.05) is 0 Å². The lowest BCUT2D eigenvalue weighted by Gasteiger charge is -2.27. The molecule has 0 aromatic carbocycles. The van der Waals surface area contributed by atoms with Gasteiger partial charge in [-0.1, -0.05) is 6.08 Å². The van der Waals surface area contributed by atoms with E-state index in [4.69, 9.17) is 11.6 Å². The van der Waals surface area contributed by atoms with Crippen LogP contribution in [0.1, 0.15) is 19.3 Å². The minimum Gasteiger partial charge on any atom is -0.388 e. The van der Waals surface area contributed by atoms with Gasteiger partial charge in [0.05, 0.1) is 0 Å². The average Bonchev–Trinajstić information content (AvgIpc) is 2.33. The highest BCUT2D eigenvalue weighted by atomic mass is 35.5. The second kappa shape index (κ2) is 2.46. The molecule has 10 heavy (non-hydrogen) atoms. The van der Waals surface area contributed by atoms with Crippen LogP contribution in [0.5, 0.6) is 0 Å². The molecule has 0 aromatic heterocycles. The second-order valence-corrected chi connectivity index (χ2v) is 3.82. The van der Waals surface area contributed by atoms with Crippen LogP contribution in [0.4, 0.5) is 0 Å². The van der Waals surface area contributed by atoms with Crippen LogP contribution >= 0.6 is 11.6 Å². The van der Waals surface area contributed by atoms with Gasteiger partial charge in [0, 0.05) is 17.3 Å². The molecule has 1 saturated carbocycles. The molecule has 1 heterocycles. The van der Waals surface area contributed by atoms with Gasteiger partial charge in [-0.3, -0.25) is 0 Å². The van der Waals surface area contributed by atoms with Crippen LogP contribution in [-0.4, -0.2) is 11.4 Å². The molecule has 3 atom stereocenters. The highest BCUT2D eigenvalue weighted by Gasteiger charge is 2.29. The molecule has 0 bridgehead atoms. The largest absolute Gasteiger partial charge is 0.388 e. The molecule has 1 fully saturated rings. The quantitative estimate of drug-likeness (QED) is 0.530. The summed E-state index contributed by atoms with van der Waals surface area (Å²) in [4.78, 5) is 0. The summed E-state index contributed by atoms with van der Waals surface area (Å²) in [7, 11) is 0. The van der Waals surface area contributed by atoms with Gasteiger partial charge in [0.2, 0.25) is 0 Å². The van der Waals surface area contributed by atoms with Gasteiger partial charge in [-0.2, -0.15) is 0 Å². The fourth-order valence-electron chi connectivity index (χ4n) is 1.87. The zero-order valence-electron chi connectivity index (χ0n) is 5.89. The number of hydrogen-bond donors (Lipinski definition) is 1. The zero-order valence-corrected chi connectivity index (χ0v) is 6.64. The molecule has 0 radical (unpaired) electrons. The van der Waals surface area contributed by atoms with Crippen molar-refractivity contribution in [2.24, 2.45) is 5.92 Å². The molecule has 0 saturated heterocycles. The Labute approximate surface area is 66.4 Å². The van der Waals surface area contributed by atoms with Crippen molar-refractivity contribution in [3.63, 3.8) is 0 Å². The Morgan fingerprint density at radius 2 is 2.30 bits per heavy atom. The number of alkyl halides is 1. The Morgan fingerprint density at radius 3 is 3.20 bits per heavy atom. The number of nitrogens with one attached hydrogen (secondary N) is 1. The monoisotopic (exact) mass is 157 g/mol. The SMILES string of the molecule is ClC1CCC2NC=CC2C1. The Kier molecular flexibility index (Phi) is 1.61. The third-order valence-electron chi connectivity index (χ3n) is 2.49. The fourth-order valence-corrected chi connectivity index (χ4v) is 2.21. The standard InChI is InChI=1S/C8H12ClN/c9-7-1-2-8-6(5-7)3-4-10-8/h3-4,6-8,10H,1-2,5H2. The molecule has 2 aliphatic rings. The van der Waals surface area contributed by atoms with Crippen LogP contribution in [0.3, 0.4) is 0 Å². The first-order chi connectivity index (χ1) is 4.86. The molecule has 1 aliphatic carbocycles. The predicted octanol–water partition coefficient (Wildman–Crippen LogP) is 1.88. The summed E-state index contributed by atoms with van der Waals surface area (Å²) in [6.07, 6.45) is 7.91. The van der Waals surface area contributed by atoms with Crippen molar-refractivity contribution in [3.05, 3.63) is 12.3 Å². The molecule has 2 rings (SSSR count). The van der Waals surface area contributed by atoms with Gasteiger partial charge in [0.25, 0.3) is 0 Å². The van der Waals surface area contributed by atoms with Gasteiger partial charge in [-0.15, -0.1) is 11.6 Å². The van der Waals surface area contributed by atoms with E-state index in [0.717, 1.165) is 12.3 Å². The lowest BCUT2D eigenvalue weighted by atomic mass is 9.86. The van der Waals surface area contributed by atoms with E-state index in [-0.39, 0.29) is 0 Å². The molecular weight excluding hydrogens is 146 g/mol. The minimum absolute atomic E-state index is 0.422. The molecule has 0 amide bonds. The lowest BCUT2D eigenvalue weighted by Crippen LogP contribution is -2.33. The molecule has 1 aliphatic heterocycles. The van der Waals surface area contributed by atoms with Gasteiger partial charge in [0.1, 0.15) is 0 Å². The van der Waals surface area contributed by atoms with Gasteiger partial charge >= 0.3 is 0 Å². The Morgan fingerprint density at radius 1 is 1.40 bits per heavy atom. The van der Waals surface area contributed by atoms with E-state index in [2.05, 4.69) is 17.6 Å². The van der Waals surface area contributed by atoms with Crippen molar-refractivity contribution in [1.29, 1.82) is 0 Å². The molecule has 56 valence electrons. The fraction of sp³-hybridized carbons (Fsp3) is 0.750. The number of hydrogen-bond acceptors (Lipinski definition) is 1. The van der Waals surface area contributed by atoms with E-state index in [9.17, 15) is 0 Å². The molecule has 0 spiro atoms. The van der Waals surface area contributed by atoms with E-state index in [0.29, 0.717) is 11.4 Å². The van der Waals surface area contributed by atoms with Gasteiger partial charge in [-0.25, -0.2) is 0 Å². The van der Waals surface area contributed by atoms with Crippen molar-refractivity contribution < 1.29 is 0 Å². The van der Waals surface area contributed by atoms with Crippen LogP contribution < -0.4 is 5.32 Å². The van der Waals surface area contributed by atoms with Crippen LogP contribution in [-0.2, 0) is 0 Å². The van der Waals surface area contributed by atoms with E-state index < -0.39 is 0 Å². The first kappa shape index (κ1) is 6.53. The van der Waals surface area contributed by atoms with E-state index in [1.54, 1.807) is 0 Å². The third-order valence-corrected chi connectivity index (χ3v) is 2.89. The van der Waals surface area contributed by atoms with Crippen molar-refractivity contribution in [1.82, 2.24) is 5.32 Å². The van der Waals surface area contributed by atoms with Gasteiger partial charge < -0.3 is 5.32 Å². The van der Waals surface area contributed by atoms with Crippen LogP contribution in [0.2, 0.25) is 0 Å². The molecule has 3 unspecified atom stereocenters. The lowest BCUT2D eigenvalue weighted by molar-refractivity contribution is 0.356. The normalized spacial score (nSPS) is 44.7. The molecule has 2 heteroatoms. The van der Waals surface area contributed by atoms with E-state index in [1.165, 1.54) is 12.8 Å². The van der Waals surface area contributed by atoms with Gasteiger partial charge in [-0.05, 0) is 25.5 Å². The maximum absolute atomic E-state index is 6.02. The number of fused-ring (bicyclic) bond motifs is 1. The summed E-state index contributed by atoms with van der Waals surface area (Å²) < 4.78 is 0. The summed E-state index contributed by atoms with van der Waals surface area (Å²) in [5, 5.41) is 3.76. The Balaban J connectivity index is 2.01. The summed E-state index contributed by atoms with van der Waals surface area (Å²) >= 11 is 6.02. The first-order valence-electron chi connectivity index (χ1n) is 3.93. The van der Waals surface area contributed by atoms with E-state index >= 15 is 0 Å². The summed E-state index contributed by atoms with van der Waals surface area (Å²) in [5.74, 6) is 0.719. The zero-order chi connectivity index (χ0) is 6.97. The molecule has 1 nitrogen and oxygen atoms in total. The van der Waals surface area contributed by atoms with Crippen molar-refractivity contribution in [3.8, 4) is 0 Å². The van der Waals surface area contributed by atoms with Crippen molar-refractivity contribution in [2.45, 2.75) is 30.7 Å². The van der Waals surface area contributed by atoms with Gasteiger partial charge in [0.15, 0.2) is 0 Å². The van der Waals surface area contributed by atoms with Crippen molar-refractivity contribution >= 4 is 11.6 Å². The molecule has 0 aromatic rings. The second-order valence-electron chi connectivity index (χ2n) is 3.21. The maximum atomic E-state index is 6.02. The highest BCUT2D eigenvalue weighted by molar-refractivity contribution is 6.20. The Bertz CT molecular complexity index is 155. The van der Waals surface area contributed by atoms with Crippen LogP contribution in [0.15, 0.2) is 12.3 Å². The number of rotatable bonds is 0. The molecular formula is C8H12ClN. The average molecular weight is 158 g/mol. The highest BCUT2D eigenvalue weighted by Crippen LogP contribution is 2.31. The predicted molar refractivity (Wildman–Crippen MR) is 43.0 cm³/mol. The Hall–Kier alpha value is -0.170. The smallest absolute Gasteiger partial charge is 0.0343 e. The minimum atomic E-state index is 0.422. The van der Waals surface area contributed by atoms with Crippen LogP contribution in [0.25, 0.3) is 0 Å². The first-order valence-corrected chi connectivity index (χ1v) is 4.36. The summed E-state index contributed by atoms with van der Waals surface area (Å²) in [5.41, 5.74) is 0. The molecule has 1 N–H and O–H groups in total. The van der Waals surface area contributed by atoms with E-state index in [1.807, 2.05) is 0 Å². The maximum Gasteiger partial charge on any atom is 0.0343 e.